The van der Waals surface area contributed by atoms with E-state index in [0.717, 1.165) is 36.3 Å². The van der Waals surface area contributed by atoms with Crippen LogP contribution in [-0.4, -0.2) is 17.2 Å². The number of ether oxygens (including phenoxy) is 1. The Labute approximate surface area is 105 Å². The Morgan fingerprint density at radius 3 is 3.13 bits per heavy atom. The maximum atomic E-state index is 10.4. The molecule has 0 saturated heterocycles. The average molecular weight is 337 g/mol. The predicted octanol–water partition coefficient (Wildman–Crippen LogP) is 2.65. The van der Waals surface area contributed by atoms with E-state index < -0.39 is 4.93 Å². The van der Waals surface area contributed by atoms with Crippen molar-refractivity contribution in [3.05, 3.63) is 23.5 Å². The first-order valence-electron chi connectivity index (χ1n) is 4.76. The molecule has 1 unspecified atom stereocenters. The number of nitrogens with zero attached hydrogens (tertiary/aromatic N) is 1. The summed E-state index contributed by atoms with van der Waals surface area (Å²) in [4.78, 5) is 3.45. The fourth-order valence-electron chi connectivity index (χ4n) is 1.94. The molecule has 0 saturated carbocycles. The van der Waals surface area contributed by atoms with E-state index in [2.05, 4.69) is 26.2 Å². The molecule has 1 N–H and O–H groups in total. The summed E-state index contributed by atoms with van der Waals surface area (Å²) in [6, 6.07) is 1.85. The van der Waals surface area contributed by atoms with Crippen LogP contribution in [0.4, 0.5) is 0 Å². The maximum Gasteiger partial charge on any atom is 0.162 e. The summed E-state index contributed by atoms with van der Waals surface area (Å²) in [5, 5.41) is 10.4. The van der Waals surface area contributed by atoms with Gasteiger partial charge in [-0.15, -0.1) is 0 Å². The second kappa shape index (κ2) is 4.47. The molecule has 0 bridgehead atoms. The predicted molar refractivity (Wildman–Crippen MR) is 69.2 cm³/mol. The topological polar surface area (TPSA) is 42.4 Å². The third-order valence-electron chi connectivity index (χ3n) is 2.67. The molecule has 5 heteroatoms. The van der Waals surface area contributed by atoms with Crippen molar-refractivity contribution in [3.8, 4) is 5.75 Å². The summed E-state index contributed by atoms with van der Waals surface area (Å²) < 4.78 is 5.29. The van der Waals surface area contributed by atoms with Gasteiger partial charge in [0.2, 0.25) is 0 Å². The number of aliphatic hydroxyl groups is 1. The highest BCUT2D eigenvalue weighted by Gasteiger charge is 2.37. The lowest BCUT2D eigenvalue weighted by atomic mass is 9.92. The Kier molecular flexibility index (Phi) is 3.42. The van der Waals surface area contributed by atoms with Crippen molar-refractivity contribution >= 4 is 30.1 Å². The lowest BCUT2D eigenvalue weighted by Gasteiger charge is -2.31. The third-order valence-corrected chi connectivity index (χ3v) is 5.51. The molecule has 15 heavy (non-hydrogen) atoms. The first kappa shape index (κ1) is 11.5. The molecule has 0 radical (unpaired) electrons. The van der Waals surface area contributed by atoms with Gasteiger partial charge in [0, 0.05) is 11.8 Å². The lowest BCUT2D eigenvalue weighted by molar-refractivity contribution is 0.113. The number of halogens is 1. The second-order valence-corrected chi connectivity index (χ2v) is 5.71. The van der Waals surface area contributed by atoms with Gasteiger partial charge < -0.3 is 9.84 Å². The Bertz CT molecular complexity index is 374. The maximum absolute atomic E-state index is 10.4. The van der Waals surface area contributed by atoms with Crippen LogP contribution in [0.5, 0.6) is 5.75 Å². The van der Waals surface area contributed by atoms with Gasteiger partial charge in [0.25, 0.3) is 0 Å². The van der Waals surface area contributed by atoms with Crippen molar-refractivity contribution in [1.29, 1.82) is 0 Å². The van der Waals surface area contributed by atoms with Gasteiger partial charge >= 0.3 is 0 Å². The molecule has 3 nitrogen and oxygen atoms in total. The zero-order chi connectivity index (χ0) is 10.9. The van der Waals surface area contributed by atoms with Crippen molar-refractivity contribution in [2.45, 2.75) is 24.2 Å². The largest absolute Gasteiger partial charge is 0.496 e. The molecule has 1 aromatic rings. The van der Waals surface area contributed by atoms with Crippen LogP contribution >= 0.6 is 30.1 Å². The molecule has 0 spiro atoms. The zero-order valence-corrected chi connectivity index (χ0v) is 11.3. The van der Waals surface area contributed by atoms with Crippen LogP contribution in [0.1, 0.15) is 24.1 Å². The summed E-state index contributed by atoms with van der Waals surface area (Å²) in [7, 11) is 3.07. The monoisotopic (exact) mass is 337 g/mol. The molecular weight excluding hydrogens is 325 g/mol. The van der Waals surface area contributed by atoms with E-state index in [0.29, 0.717) is 0 Å². The summed E-state index contributed by atoms with van der Waals surface area (Å²) >= 11 is 2.13. The molecule has 1 atom stereocenters. The van der Waals surface area contributed by atoms with Gasteiger partial charge in [-0.25, -0.2) is 0 Å². The van der Waals surface area contributed by atoms with Crippen molar-refractivity contribution in [2.24, 2.45) is 0 Å². The summed E-state index contributed by atoms with van der Waals surface area (Å²) in [6.45, 7) is 0. The van der Waals surface area contributed by atoms with Crippen LogP contribution < -0.4 is 4.74 Å². The minimum absolute atomic E-state index is 0.758. The molecule has 1 aliphatic rings. The minimum Gasteiger partial charge on any atom is -0.496 e. The van der Waals surface area contributed by atoms with E-state index in [-0.39, 0.29) is 0 Å². The van der Waals surface area contributed by atoms with Crippen LogP contribution in [0.3, 0.4) is 0 Å². The SMILES string of the molecule is COc1ccnc2c1CCCC2(O)SI. The number of aromatic nitrogens is 1. The third kappa shape index (κ3) is 1.97. The molecule has 1 aromatic heterocycles. The van der Waals surface area contributed by atoms with Gasteiger partial charge in [0.05, 0.1) is 12.8 Å². The Morgan fingerprint density at radius 2 is 2.47 bits per heavy atom. The first-order valence-corrected chi connectivity index (χ1v) is 8.11. The number of hydrogen-bond acceptors (Lipinski definition) is 4. The normalized spacial score (nSPS) is 24.7. The highest BCUT2D eigenvalue weighted by Crippen LogP contribution is 2.47. The molecule has 82 valence electrons. The second-order valence-electron chi connectivity index (χ2n) is 3.56. The molecular formula is C10H12INO2S. The van der Waals surface area contributed by atoms with Crippen molar-refractivity contribution in [3.63, 3.8) is 0 Å². The van der Waals surface area contributed by atoms with Gasteiger partial charge in [0.15, 0.2) is 4.93 Å². The van der Waals surface area contributed by atoms with Gasteiger partial charge in [-0.1, -0.05) is 0 Å². The highest BCUT2D eigenvalue weighted by atomic mass is 127. The van der Waals surface area contributed by atoms with Crippen molar-refractivity contribution in [2.75, 3.05) is 7.11 Å². The van der Waals surface area contributed by atoms with E-state index >= 15 is 0 Å². The molecule has 0 fully saturated rings. The lowest BCUT2D eigenvalue weighted by Crippen LogP contribution is -2.27. The van der Waals surface area contributed by atoms with Crippen LogP contribution in [0.15, 0.2) is 12.3 Å². The Morgan fingerprint density at radius 1 is 1.67 bits per heavy atom. The van der Waals surface area contributed by atoms with Gasteiger partial charge in [-0.2, -0.15) is 0 Å². The van der Waals surface area contributed by atoms with E-state index in [4.69, 9.17) is 4.74 Å². The standard InChI is InChI=1S/C10H12INO2S/c1-14-8-4-6-12-9-7(8)3-2-5-10(9,13)15-11/h4,6,13H,2-3,5H2,1H3. The van der Waals surface area contributed by atoms with Gasteiger partial charge in [0.1, 0.15) is 5.75 Å². The average Bonchev–Trinajstić information content (AvgIpc) is 2.29. The Balaban J connectivity index is 2.53. The minimum atomic E-state index is -0.845. The van der Waals surface area contributed by atoms with Crippen LogP contribution in [-0.2, 0) is 11.4 Å². The van der Waals surface area contributed by atoms with Gasteiger partial charge in [-0.05, 0) is 55.5 Å². The number of rotatable bonds is 2. The van der Waals surface area contributed by atoms with Crippen LogP contribution in [0.2, 0.25) is 0 Å². The fourth-order valence-corrected chi connectivity index (χ4v) is 3.70. The van der Waals surface area contributed by atoms with Crippen LogP contribution in [0, 0.1) is 0 Å². The van der Waals surface area contributed by atoms with Crippen molar-refractivity contribution < 1.29 is 9.84 Å². The number of hydrogen-bond donors (Lipinski definition) is 1. The first-order chi connectivity index (χ1) is 7.21. The molecule has 0 aromatic carbocycles. The molecule has 1 aliphatic carbocycles. The van der Waals surface area contributed by atoms with E-state index in [9.17, 15) is 5.11 Å². The van der Waals surface area contributed by atoms with Crippen molar-refractivity contribution in [1.82, 2.24) is 4.98 Å². The smallest absolute Gasteiger partial charge is 0.162 e. The summed E-state index contributed by atoms with van der Waals surface area (Å²) in [6.07, 6.45) is 4.36. The highest BCUT2D eigenvalue weighted by molar-refractivity contribution is 14.2. The number of fused-ring (bicyclic) bond motifs is 1. The summed E-state index contributed by atoms with van der Waals surface area (Å²) in [5.41, 5.74) is 1.82. The number of methoxy groups -OCH3 is 1. The Hall–Kier alpha value is -0.0100. The summed E-state index contributed by atoms with van der Waals surface area (Å²) in [5.74, 6) is 0.837. The number of pyridine rings is 1. The van der Waals surface area contributed by atoms with Crippen LogP contribution in [0.25, 0.3) is 0 Å². The molecule has 0 aliphatic heterocycles. The molecule has 0 amide bonds. The fraction of sp³-hybridized carbons (Fsp3) is 0.500. The van der Waals surface area contributed by atoms with E-state index in [1.165, 1.54) is 8.93 Å². The molecule has 1 heterocycles. The zero-order valence-electron chi connectivity index (χ0n) is 8.36. The molecule has 2 rings (SSSR count). The van der Waals surface area contributed by atoms with Gasteiger partial charge in [-0.3, -0.25) is 4.98 Å². The van der Waals surface area contributed by atoms with E-state index in [1.54, 1.807) is 13.3 Å². The van der Waals surface area contributed by atoms with E-state index in [1.807, 2.05) is 6.07 Å². The quantitative estimate of drug-likeness (QED) is 0.666.